The topological polar surface area (TPSA) is 56.1 Å². The Morgan fingerprint density at radius 3 is 2.70 bits per heavy atom. The Bertz CT molecular complexity index is 1160. The number of rotatable bonds is 7. The number of amides is 1. The highest BCUT2D eigenvalue weighted by Gasteiger charge is 2.22. The van der Waals surface area contributed by atoms with Crippen LogP contribution in [0.15, 0.2) is 60.0 Å². The van der Waals surface area contributed by atoms with Gasteiger partial charge in [-0.15, -0.1) is 11.3 Å². The molecule has 1 N–H and O–H groups in total. The molecule has 154 valence electrons. The molecule has 0 radical (unpaired) electrons. The Morgan fingerprint density at radius 2 is 2.00 bits per heavy atom. The number of ether oxygens (including phenoxy) is 1. The van der Waals surface area contributed by atoms with Crippen molar-refractivity contribution in [3.8, 4) is 5.75 Å². The van der Waals surface area contributed by atoms with Gasteiger partial charge in [-0.2, -0.15) is 5.10 Å². The third-order valence-electron chi connectivity index (χ3n) is 5.09. The third kappa shape index (κ3) is 3.96. The van der Waals surface area contributed by atoms with Crippen LogP contribution < -0.4 is 10.1 Å². The van der Waals surface area contributed by atoms with Crippen molar-refractivity contribution in [3.63, 3.8) is 0 Å². The summed E-state index contributed by atoms with van der Waals surface area (Å²) in [5.41, 5.74) is 2.61. The van der Waals surface area contributed by atoms with Crippen molar-refractivity contribution < 1.29 is 9.53 Å². The first-order valence-electron chi connectivity index (χ1n) is 10.1. The Hall–Kier alpha value is -3.12. The Morgan fingerprint density at radius 1 is 1.17 bits per heavy atom. The van der Waals surface area contributed by atoms with E-state index in [0.29, 0.717) is 24.5 Å². The van der Waals surface area contributed by atoms with E-state index in [1.54, 1.807) is 11.3 Å². The summed E-state index contributed by atoms with van der Waals surface area (Å²) in [4.78, 5) is 14.5. The summed E-state index contributed by atoms with van der Waals surface area (Å²) in [5, 5.41) is 11.8. The lowest BCUT2D eigenvalue weighted by molar-refractivity contribution is 0.0947. The molecule has 1 atom stereocenters. The van der Waals surface area contributed by atoms with Crippen molar-refractivity contribution in [2.24, 2.45) is 0 Å². The summed E-state index contributed by atoms with van der Waals surface area (Å²) in [5.74, 6) is 0.464. The normalized spacial score (nSPS) is 12.1. The summed E-state index contributed by atoms with van der Waals surface area (Å²) in [6.45, 7) is 6.89. The van der Waals surface area contributed by atoms with Crippen molar-refractivity contribution in [1.29, 1.82) is 0 Å². The fourth-order valence-electron chi connectivity index (χ4n) is 3.79. The lowest BCUT2D eigenvalue weighted by Crippen LogP contribution is -2.32. The number of carbonyl (C=O) groups excluding carboxylic acids is 1. The largest absolute Gasteiger partial charge is 0.493 e. The maximum Gasteiger partial charge on any atom is 0.255 e. The molecule has 0 aliphatic rings. The van der Waals surface area contributed by atoms with Gasteiger partial charge < -0.3 is 10.1 Å². The van der Waals surface area contributed by atoms with Gasteiger partial charge in [-0.05, 0) is 55.1 Å². The molecule has 5 nitrogen and oxygen atoms in total. The molecule has 0 spiro atoms. The molecular formula is C24H25N3O2S. The summed E-state index contributed by atoms with van der Waals surface area (Å²) in [6, 6.07) is 17.9. The van der Waals surface area contributed by atoms with E-state index in [1.165, 1.54) is 0 Å². The first-order valence-corrected chi connectivity index (χ1v) is 11.0. The second-order valence-corrected chi connectivity index (χ2v) is 8.19. The molecule has 0 aliphatic carbocycles. The highest BCUT2D eigenvalue weighted by molar-refractivity contribution is 7.10. The van der Waals surface area contributed by atoms with Gasteiger partial charge in [0.05, 0.1) is 17.9 Å². The number of aromatic nitrogens is 2. The quantitative estimate of drug-likeness (QED) is 0.452. The average Bonchev–Trinajstić information content (AvgIpc) is 3.38. The van der Waals surface area contributed by atoms with Gasteiger partial charge in [0.25, 0.3) is 5.91 Å². The molecule has 1 amide bonds. The van der Waals surface area contributed by atoms with Gasteiger partial charge >= 0.3 is 0 Å². The highest BCUT2D eigenvalue weighted by atomic mass is 32.1. The van der Waals surface area contributed by atoms with Gasteiger partial charge in [0.15, 0.2) is 0 Å². The second kappa shape index (κ2) is 8.71. The van der Waals surface area contributed by atoms with E-state index < -0.39 is 0 Å². The molecule has 0 bridgehead atoms. The summed E-state index contributed by atoms with van der Waals surface area (Å²) < 4.78 is 7.77. The van der Waals surface area contributed by atoms with Crippen molar-refractivity contribution in [3.05, 3.63) is 81.8 Å². The monoisotopic (exact) mass is 419 g/mol. The van der Waals surface area contributed by atoms with Crippen LogP contribution in [0.3, 0.4) is 0 Å². The minimum Gasteiger partial charge on any atom is -0.493 e. The number of aryl methyl sites for hydroxylation is 2. The van der Waals surface area contributed by atoms with Gasteiger partial charge in [-0.25, -0.2) is 0 Å². The molecule has 2 heterocycles. The molecule has 6 heteroatoms. The minimum absolute atomic E-state index is 0.0619. The fraction of sp³-hybridized carbons (Fsp3) is 0.250. The Balaban J connectivity index is 1.66. The van der Waals surface area contributed by atoms with Crippen LogP contribution in [0.1, 0.15) is 39.6 Å². The number of thiophene rings is 1. The Labute approximate surface area is 180 Å². The van der Waals surface area contributed by atoms with Crippen LogP contribution in [0.2, 0.25) is 0 Å². The smallest absolute Gasteiger partial charge is 0.255 e. The number of benzene rings is 2. The summed E-state index contributed by atoms with van der Waals surface area (Å²) in [6.07, 6.45) is 0. The lowest BCUT2D eigenvalue weighted by atomic mass is 10.0. The third-order valence-corrected chi connectivity index (χ3v) is 6.06. The number of hydrogen-bond acceptors (Lipinski definition) is 4. The SMILES string of the molecule is CCOc1ccc2ccccc2c1C(=O)NCC(c1cccs1)n1nc(C)cc1C. The number of fused-ring (bicyclic) bond motifs is 1. The molecule has 0 fully saturated rings. The molecule has 0 saturated carbocycles. The van der Waals surface area contributed by atoms with Crippen LogP contribution in [-0.4, -0.2) is 28.8 Å². The van der Waals surface area contributed by atoms with E-state index in [9.17, 15) is 4.79 Å². The van der Waals surface area contributed by atoms with Crippen LogP contribution in [0.4, 0.5) is 0 Å². The zero-order chi connectivity index (χ0) is 21.1. The van der Waals surface area contributed by atoms with Crippen molar-refractivity contribution in [2.45, 2.75) is 26.8 Å². The molecule has 0 saturated heterocycles. The van der Waals surface area contributed by atoms with E-state index in [1.807, 2.05) is 73.3 Å². The first kappa shape index (κ1) is 20.2. The van der Waals surface area contributed by atoms with E-state index in [0.717, 1.165) is 27.0 Å². The maximum absolute atomic E-state index is 13.3. The van der Waals surface area contributed by atoms with E-state index in [4.69, 9.17) is 4.74 Å². The van der Waals surface area contributed by atoms with E-state index in [-0.39, 0.29) is 11.9 Å². The molecule has 4 aromatic rings. The summed E-state index contributed by atoms with van der Waals surface area (Å²) in [7, 11) is 0. The Kier molecular flexibility index (Phi) is 5.86. The average molecular weight is 420 g/mol. The molecule has 0 aliphatic heterocycles. The van der Waals surface area contributed by atoms with Crippen LogP contribution in [-0.2, 0) is 0 Å². The van der Waals surface area contributed by atoms with Gasteiger partial charge in [-0.1, -0.05) is 36.4 Å². The summed E-state index contributed by atoms with van der Waals surface area (Å²) >= 11 is 1.67. The number of nitrogens with zero attached hydrogens (tertiary/aromatic N) is 2. The van der Waals surface area contributed by atoms with E-state index in [2.05, 4.69) is 22.5 Å². The highest BCUT2D eigenvalue weighted by Crippen LogP contribution is 2.29. The predicted molar refractivity (Wildman–Crippen MR) is 122 cm³/mol. The maximum atomic E-state index is 13.3. The van der Waals surface area contributed by atoms with Crippen molar-refractivity contribution >= 4 is 28.0 Å². The molecule has 4 rings (SSSR count). The molecule has 30 heavy (non-hydrogen) atoms. The van der Waals surface area contributed by atoms with Crippen LogP contribution in [0, 0.1) is 13.8 Å². The van der Waals surface area contributed by atoms with Crippen LogP contribution >= 0.6 is 11.3 Å². The minimum atomic E-state index is -0.140. The molecule has 1 unspecified atom stereocenters. The van der Waals surface area contributed by atoms with Crippen LogP contribution in [0.25, 0.3) is 10.8 Å². The second-order valence-electron chi connectivity index (χ2n) is 7.21. The van der Waals surface area contributed by atoms with Gasteiger partial charge in [0.2, 0.25) is 0 Å². The van der Waals surface area contributed by atoms with Crippen LogP contribution in [0.5, 0.6) is 5.75 Å². The standard InChI is InChI=1S/C24H25N3O2S/c1-4-29-21-12-11-18-8-5-6-9-19(18)23(21)24(28)25-15-20(22-10-7-13-30-22)27-17(3)14-16(2)26-27/h5-14,20H,4,15H2,1-3H3,(H,25,28). The number of hydrogen-bond donors (Lipinski definition) is 1. The molecule has 2 aromatic heterocycles. The van der Waals surface area contributed by atoms with Gasteiger partial charge in [-0.3, -0.25) is 9.48 Å². The zero-order valence-electron chi connectivity index (χ0n) is 17.4. The lowest BCUT2D eigenvalue weighted by Gasteiger charge is -2.20. The first-order chi connectivity index (χ1) is 14.6. The van der Waals surface area contributed by atoms with Crippen molar-refractivity contribution in [1.82, 2.24) is 15.1 Å². The number of nitrogens with one attached hydrogen (secondary N) is 1. The fourth-order valence-corrected chi connectivity index (χ4v) is 4.60. The van der Waals surface area contributed by atoms with Crippen molar-refractivity contribution in [2.75, 3.05) is 13.2 Å². The molecule has 2 aromatic carbocycles. The zero-order valence-corrected chi connectivity index (χ0v) is 18.2. The van der Waals surface area contributed by atoms with E-state index >= 15 is 0 Å². The number of carbonyl (C=O) groups is 1. The van der Waals surface area contributed by atoms with Gasteiger partial charge in [0.1, 0.15) is 11.8 Å². The van der Waals surface area contributed by atoms with Gasteiger partial charge in [0, 0.05) is 17.1 Å². The molecular weight excluding hydrogens is 394 g/mol. The predicted octanol–water partition coefficient (Wildman–Crippen LogP) is 5.13.